The molecule has 2 atom stereocenters. The van der Waals surface area contributed by atoms with E-state index in [0.717, 1.165) is 32.3 Å². The fraction of sp³-hybridized carbons (Fsp3) is 0.833. The van der Waals surface area contributed by atoms with Crippen LogP contribution in [0.3, 0.4) is 0 Å². The van der Waals surface area contributed by atoms with E-state index in [1.54, 1.807) is 0 Å². The zero-order valence-corrected chi connectivity index (χ0v) is 10.6. The predicted octanol–water partition coefficient (Wildman–Crippen LogP) is 1.62. The first-order valence-electron chi connectivity index (χ1n) is 6.31. The maximum Gasteiger partial charge on any atom is 0.227 e. The molecule has 0 saturated carbocycles. The van der Waals surface area contributed by atoms with Crippen LogP contribution in [0, 0.1) is 5.92 Å². The first kappa shape index (κ1) is 12.5. The van der Waals surface area contributed by atoms with E-state index < -0.39 is 0 Å². The van der Waals surface area contributed by atoms with Gasteiger partial charge in [-0.15, -0.1) is 0 Å². The highest BCUT2D eigenvalue weighted by molar-refractivity contribution is 5.01. The third-order valence-electron chi connectivity index (χ3n) is 3.34. The number of nitrogens with zero attached hydrogens (tertiary/aromatic N) is 2. The Morgan fingerprint density at radius 1 is 1.47 bits per heavy atom. The quantitative estimate of drug-likeness (QED) is 0.864. The molecule has 0 radical (unpaired) electrons. The Morgan fingerprint density at radius 3 is 2.94 bits per heavy atom. The summed E-state index contributed by atoms with van der Waals surface area (Å²) in [6.45, 7) is 5.51. The van der Waals surface area contributed by atoms with Gasteiger partial charge in [-0.05, 0) is 38.6 Å². The van der Waals surface area contributed by atoms with Crippen molar-refractivity contribution in [2.45, 2.75) is 45.1 Å². The summed E-state index contributed by atoms with van der Waals surface area (Å²) in [7, 11) is 0. The molecular weight excluding hydrogens is 218 g/mol. The van der Waals surface area contributed by atoms with Crippen molar-refractivity contribution in [2.75, 3.05) is 13.2 Å². The zero-order valence-electron chi connectivity index (χ0n) is 10.6. The lowest BCUT2D eigenvalue weighted by molar-refractivity contribution is -0.0770. The predicted molar refractivity (Wildman–Crippen MR) is 63.4 cm³/mol. The zero-order chi connectivity index (χ0) is 12.3. The van der Waals surface area contributed by atoms with Crippen molar-refractivity contribution in [3.63, 3.8) is 0 Å². The Bertz CT molecular complexity index is 358. The molecule has 1 saturated heterocycles. The molecule has 0 aromatic carbocycles. The van der Waals surface area contributed by atoms with Gasteiger partial charge >= 0.3 is 0 Å². The van der Waals surface area contributed by atoms with Crippen LogP contribution in [0.15, 0.2) is 4.52 Å². The second kappa shape index (κ2) is 5.14. The van der Waals surface area contributed by atoms with E-state index in [4.69, 9.17) is 15.0 Å². The molecule has 1 aliphatic heterocycles. The van der Waals surface area contributed by atoms with Gasteiger partial charge in [0.05, 0.1) is 0 Å². The lowest BCUT2D eigenvalue weighted by Gasteiger charge is -2.30. The van der Waals surface area contributed by atoms with Crippen LogP contribution in [-0.2, 0) is 16.8 Å². The number of nitrogens with two attached hydrogens (primary N) is 1. The summed E-state index contributed by atoms with van der Waals surface area (Å²) in [5, 5.41) is 4.05. The minimum atomic E-state index is -0.369. The molecule has 0 bridgehead atoms. The van der Waals surface area contributed by atoms with E-state index in [0.29, 0.717) is 24.2 Å². The fourth-order valence-electron chi connectivity index (χ4n) is 2.04. The number of hydrogen-bond donors (Lipinski definition) is 1. The summed E-state index contributed by atoms with van der Waals surface area (Å²) < 4.78 is 11.0. The molecule has 2 rings (SSSR count). The van der Waals surface area contributed by atoms with Gasteiger partial charge in [0, 0.05) is 13.0 Å². The highest BCUT2D eigenvalue weighted by Gasteiger charge is 2.34. The number of hydrogen-bond acceptors (Lipinski definition) is 5. The van der Waals surface area contributed by atoms with E-state index in [2.05, 4.69) is 17.1 Å². The molecule has 2 heterocycles. The molecule has 5 nitrogen and oxygen atoms in total. The van der Waals surface area contributed by atoms with Gasteiger partial charge in [-0.1, -0.05) is 12.1 Å². The van der Waals surface area contributed by atoms with Gasteiger partial charge in [-0.2, -0.15) is 4.98 Å². The van der Waals surface area contributed by atoms with E-state index in [1.165, 1.54) is 0 Å². The molecular formula is C12H21N3O2. The maximum absolute atomic E-state index is 5.79. The minimum absolute atomic E-state index is 0.364. The van der Waals surface area contributed by atoms with Crippen molar-refractivity contribution < 1.29 is 9.26 Å². The summed E-state index contributed by atoms with van der Waals surface area (Å²) in [4.78, 5) is 4.44. The Balaban J connectivity index is 2.06. The Hall–Kier alpha value is -0.940. The molecule has 0 spiro atoms. The fourth-order valence-corrected chi connectivity index (χ4v) is 2.04. The first-order chi connectivity index (χ1) is 8.14. The molecule has 2 unspecified atom stereocenters. The van der Waals surface area contributed by atoms with Gasteiger partial charge in [-0.25, -0.2) is 0 Å². The average molecular weight is 239 g/mol. The van der Waals surface area contributed by atoms with Gasteiger partial charge < -0.3 is 15.0 Å². The molecule has 2 N–H and O–H groups in total. The number of ether oxygens (including phenoxy) is 1. The van der Waals surface area contributed by atoms with Crippen LogP contribution in [0.1, 0.15) is 44.8 Å². The van der Waals surface area contributed by atoms with Crippen LogP contribution in [0.25, 0.3) is 0 Å². The molecule has 96 valence electrons. The van der Waals surface area contributed by atoms with Crippen LogP contribution in [0.5, 0.6) is 0 Å². The standard InChI is InChI=1S/C12H21N3O2/c1-9(8-13)7-10-14-11(15-17-10)12(2)5-3-4-6-16-12/h9H,3-8,13H2,1-2H3. The van der Waals surface area contributed by atoms with Crippen molar-refractivity contribution in [3.8, 4) is 0 Å². The number of aromatic nitrogens is 2. The average Bonchev–Trinajstić information content (AvgIpc) is 2.79. The van der Waals surface area contributed by atoms with Gasteiger partial charge in [0.1, 0.15) is 5.60 Å². The van der Waals surface area contributed by atoms with Gasteiger partial charge in [0.25, 0.3) is 0 Å². The molecule has 17 heavy (non-hydrogen) atoms. The second-order valence-electron chi connectivity index (χ2n) is 5.09. The SMILES string of the molecule is CC(CN)Cc1nc(C2(C)CCCCO2)no1. The molecule has 0 aliphatic carbocycles. The van der Waals surface area contributed by atoms with Crippen molar-refractivity contribution in [3.05, 3.63) is 11.7 Å². The summed E-state index contributed by atoms with van der Waals surface area (Å²) >= 11 is 0. The highest BCUT2D eigenvalue weighted by Crippen LogP contribution is 2.32. The monoisotopic (exact) mass is 239 g/mol. The summed E-state index contributed by atoms with van der Waals surface area (Å²) in [5.41, 5.74) is 5.21. The normalized spacial score (nSPS) is 27.0. The van der Waals surface area contributed by atoms with Crippen LogP contribution in [-0.4, -0.2) is 23.3 Å². The Labute approximate surface area is 102 Å². The lowest BCUT2D eigenvalue weighted by atomic mass is 9.95. The van der Waals surface area contributed by atoms with Crippen LogP contribution in [0.4, 0.5) is 0 Å². The van der Waals surface area contributed by atoms with Crippen molar-refractivity contribution >= 4 is 0 Å². The van der Waals surface area contributed by atoms with Crippen molar-refractivity contribution in [2.24, 2.45) is 11.7 Å². The van der Waals surface area contributed by atoms with E-state index in [1.807, 2.05) is 6.92 Å². The summed E-state index contributed by atoms with van der Waals surface area (Å²) in [6.07, 6.45) is 3.96. The third kappa shape index (κ3) is 2.84. The van der Waals surface area contributed by atoms with Crippen LogP contribution >= 0.6 is 0 Å². The minimum Gasteiger partial charge on any atom is -0.367 e. The van der Waals surface area contributed by atoms with E-state index >= 15 is 0 Å². The molecule has 1 fully saturated rings. The summed E-state index contributed by atoms with van der Waals surface area (Å²) in [5.74, 6) is 1.70. The van der Waals surface area contributed by atoms with Crippen LogP contribution in [0.2, 0.25) is 0 Å². The maximum atomic E-state index is 5.79. The van der Waals surface area contributed by atoms with Gasteiger partial charge in [0.15, 0.2) is 0 Å². The molecule has 5 heteroatoms. The molecule has 1 aliphatic rings. The Kier molecular flexibility index (Phi) is 3.79. The van der Waals surface area contributed by atoms with E-state index in [9.17, 15) is 0 Å². The molecule has 1 aromatic heterocycles. The smallest absolute Gasteiger partial charge is 0.227 e. The van der Waals surface area contributed by atoms with E-state index in [-0.39, 0.29) is 5.60 Å². The van der Waals surface area contributed by atoms with Crippen molar-refractivity contribution in [1.82, 2.24) is 10.1 Å². The first-order valence-corrected chi connectivity index (χ1v) is 6.31. The Morgan fingerprint density at radius 2 is 2.29 bits per heavy atom. The number of rotatable bonds is 4. The van der Waals surface area contributed by atoms with Gasteiger partial charge in [-0.3, -0.25) is 0 Å². The third-order valence-corrected chi connectivity index (χ3v) is 3.34. The lowest BCUT2D eigenvalue weighted by Crippen LogP contribution is -2.31. The van der Waals surface area contributed by atoms with Gasteiger partial charge in [0.2, 0.25) is 11.7 Å². The molecule has 0 amide bonds. The summed E-state index contributed by atoms with van der Waals surface area (Å²) in [6, 6.07) is 0. The highest BCUT2D eigenvalue weighted by atomic mass is 16.5. The molecule has 1 aromatic rings. The van der Waals surface area contributed by atoms with Crippen LogP contribution < -0.4 is 5.73 Å². The second-order valence-corrected chi connectivity index (χ2v) is 5.09. The topological polar surface area (TPSA) is 74.2 Å². The largest absolute Gasteiger partial charge is 0.367 e. The van der Waals surface area contributed by atoms with Crippen molar-refractivity contribution in [1.29, 1.82) is 0 Å².